The number of benzene rings is 1. The zero-order valence-corrected chi connectivity index (χ0v) is 13.6. The van der Waals surface area contributed by atoms with Gasteiger partial charge in [-0.25, -0.2) is 0 Å². The lowest BCUT2D eigenvalue weighted by Gasteiger charge is -2.05. The third-order valence-electron chi connectivity index (χ3n) is 2.87. The van der Waals surface area contributed by atoms with Crippen LogP contribution in [0.2, 0.25) is 0 Å². The molecular weight excluding hydrogens is 302 g/mol. The van der Waals surface area contributed by atoms with E-state index in [1.807, 2.05) is 38.1 Å². The van der Waals surface area contributed by atoms with E-state index < -0.39 is 0 Å². The van der Waals surface area contributed by atoms with Crippen LogP contribution >= 0.6 is 11.3 Å². The molecule has 0 radical (unpaired) electrons. The molecule has 0 unspecified atom stereocenters. The molecule has 1 heterocycles. The molecular formula is C15H19N3O3S. The van der Waals surface area contributed by atoms with Gasteiger partial charge in [-0.3, -0.25) is 4.79 Å². The molecule has 1 amide bonds. The first-order valence-electron chi connectivity index (χ1n) is 6.98. The molecule has 1 aromatic carbocycles. The van der Waals surface area contributed by atoms with Crippen LogP contribution in [0.15, 0.2) is 24.3 Å². The highest BCUT2D eigenvalue weighted by Gasteiger charge is 2.11. The quantitative estimate of drug-likeness (QED) is 0.849. The number of ether oxygens (including phenoxy) is 2. The summed E-state index contributed by atoms with van der Waals surface area (Å²) in [5.74, 6) is 1.43. The van der Waals surface area contributed by atoms with Crippen molar-refractivity contribution >= 4 is 22.4 Å². The van der Waals surface area contributed by atoms with Gasteiger partial charge in [0, 0.05) is 12.3 Å². The van der Waals surface area contributed by atoms with Crippen LogP contribution < -0.4 is 14.8 Å². The highest BCUT2D eigenvalue weighted by molar-refractivity contribution is 7.15. The summed E-state index contributed by atoms with van der Waals surface area (Å²) in [4.78, 5) is 11.6. The second-order valence-corrected chi connectivity index (χ2v) is 5.98. The average Bonchev–Trinajstić information content (AvgIpc) is 2.95. The molecule has 118 valence electrons. The third-order valence-corrected chi connectivity index (χ3v) is 3.76. The van der Waals surface area contributed by atoms with Crippen molar-refractivity contribution in [2.45, 2.75) is 20.3 Å². The maximum Gasteiger partial charge on any atom is 0.228 e. The van der Waals surface area contributed by atoms with Crippen molar-refractivity contribution in [2.75, 3.05) is 19.0 Å². The molecule has 0 aliphatic rings. The smallest absolute Gasteiger partial charge is 0.228 e. The van der Waals surface area contributed by atoms with Gasteiger partial charge in [-0.2, -0.15) is 0 Å². The zero-order chi connectivity index (χ0) is 15.9. The largest absolute Gasteiger partial charge is 0.497 e. The first-order chi connectivity index (χ1) is 10.6. The number of nitrogens with zero attached hydrogens (tertiary/aromatic N) is 2. The van der Waals surface area contributed by atoms with E-state index in [-0.39, 0.29) is 11.8 Å². The number of carbonyl (C=O) groups excluding carboxylic acids is 1. The van der Waals surface area contributed by atoms with Crippen LogP contribution in [-0.2, 0) is 11.2 Å². The van der Waals surface area contributed by atoms with Crippen molar-refractivity contribution in [3.63, 3.8) is 0 Å². The zero-order valence-electron chi connectivity index (χ0n) is 12.8. The van der Waals surface area contributed by atoms with E-state index in [9.17, 15) is 4.79 Å². The van der Waals surface area contributed by atoms with Crippen molar-refractivity contribution < 1.29 is 14.3 Å². The fourth-order valence-corrected chi connectivity index (χ4v) is 2.31. The summed E-state index contributed by atoms with van der Waals surface area (Å²) >= 11 is 1.37. The van der Waals surface area contributed by atoms with Gasteiger partial charge in [-0.05, 0) is 24.3 Å². The first-order valence-corrected chi connectivity index (χ1v) is 7.80. The second-order valence-electron chi connectivity index (χ2n) is 4.92. The van der Waals surface area contributed by atoms with E-state index in [0.717, 1.165) is 16.5 Å². The Labute approximate surface area is 133 Å². The Morgan fingerprint density at radius 1 is 1.23 bits per heavy atom. The fraction of sp³-hybridized carbons (Fsp3) is 0.400. The van der Waals surface area contributed by atoms with E-state index in [1.165, 1.54) is 11.3 Å². The molecule has 6 nitrogen and oxygen atoms in total. The lowest BCUT2D eigenvalue weighted by Crippen LogP contribution is -2.17. The summed E-state index contributed by atoms with van der Waals surface area (Å²) in [6.07, 6.45) is 0.640. The van der Waals surface area contributed by atoms with Crippen LogP contribution in [0.1, 0.15) is 18.9 Å². The Morgan fingerprint density at radius 3 is 2.55 bits per heavy atom. The summed E-state index contributed by atoms with van der Waals surface area (Å²) in [6, 6.07) is 7.40. The van der Waals surface area contributed by atoms with Gasteiger partial charge in [0.2, 0.25) is 11.0 Å². The molecule has 2 rings (SSSR count). The first kappa shape index (κ1) is 16.2. The van der Waals surface area contributed by atoms with Crippen molar-refractivity contribution in [1.82, 2.24) is 10.2 Å². The van der Waals surface area contributed by atoms with Gasteiger partial charge in [0.1, 0.15) is 16.5 Å². The lowest BCUT2D eigenvalue weighted by molar-refractivity contribution is -0.118. The minimum atomic E-state index is -0.0780. The van der Waals surface area contributed by atoms with Gasteiger partial charge in [0.25, 0.3) is 0 Å². The predicted molar refractivity (Wildman–Crippen MR) is 85.6 cm³/mol. The molecule has 0 saturated heterocycles. The Hall–Kier alpha value is -2.15. The Kier molecular flexibility index (Phi) is 5.71. The Morgan fingerprint density at radius 2 is 1.91 bits per heavy atom. The molecule has 22 heavy (non-hydrogen) atoms. The number of rotatable bonds is 7. The summed E-state index contributed by atoms with van der Waals surface area (Å²) in [5.41, 5.74) is 0. The standard InChI is InChI=1S/C15H19N3O3S/c1-10(2)14(19)16-15-18-17-13(22-15)8-9-21-12-6-4-11(20-3)5-7-12/h4-7,10H,8-9H2,1-3H3,(H,16,18,19). The van der Waals surface area contributed by atoms with Crippen LogP contribution in [0.3, 0.4) is 0 Å². The van der Waals surface area contributed by atoms with Crippen LogP contribution in [0.5, 0.6) is 11.5 Å². The molecule has 0 bridgehead atoms. The summed E-state index contributed by atoms with van der Waals surface area (Å²) in [7, 11) is 1.63. The van der Waals surface area contributed by atoms with Crippen LogP contribution in [-0.4, -0.2) is 29.8 Å². The van der Waals surface area contributed by atoms with Crippen molar-refractivity contribution in [2.24, 2.45) is 5.92 Å². The van der Waals surface area contributed by atoms with Crippen LogP contribution in [0, 0.1) is 5.92 Å². The van der Waals surface area contributed by atoms with E-state index in [4.69, 9.17) is 9.47 Å². The average molecular weight is 321 g/mol. The molecule has 0 aliphatic heterocycles. The van der Waals surface area contributed by atoms with Crippen molar-refractivity contribution in [1.29, 1.82) is 0 Å². The number of amides is 1. The highest BCUT2D eigenvalue weighted by atomic mass is 32.1. The number of anilines is 1. The van der Waals surface area contributed by atoms with Gasteiger partial charge < -0.3 is 14.8 Å². The topological polar surface area (TPSA) is 73.3 Å². The minimum Gasteiger partial charge on any atom is -0.497 e. The van der Waals surface area contributed by atoms with E-state index in [2.05, 4.69) is 15.5 Å². The van der Waals surface area contributed by atoms with E-state index in [1.54, 1.807) is 7.11 Å². The molecule has 0 saturated carbocycles. The molecule has 0 aliphatic carbocycles. The molecule has 0 spiro atoms. The number of aromatic nitrogens is 2. The molecule has 0 atom stereocenters. The SMILES string of the molecule is COc1ccc(OCCc2nnc(NC(=O)C(C)C)s2)cc1. The molecule has 0 fully saturated rings. The molecule has 7 heteroatoms. The number of nitrogens with one attached hydrogen (secondary N) is 1. The molecule has 1 aromatic heterocycles. The number of hydrogen-bond donors (Lipinski definition) is 1. The molecule has 2 aromatic rings. The minimum absolute atomic E-state index is 0.0582. The van der Waals surface area contributed by atoms with Crippen molar-refractivity contribution in [3.05, 3.63) is 29.3 Å². The Bertz CT molecular complexity index is 611. The van der Waals surface area contributed by atoms with Gasteiger partial charge in [-0.15, -0.1) is 10.2 Å². The lowest BCUT2D eigenvalue weighted by atomic mass is 10.2. The van der Waals surface area contributed by atoms with Crippen LogP contribution in [0.4, 0.5) is 5.13 Å². The fourth-order valence-electron chi connectivity index (χ4n) is 1.58. The van der Waals surface area contributed by atoms with Crippen molar-refractivity contribution in [3.8, 4) is 11.5 Å². The normalized spacial score (nSPS) is 10.5. The third kappa shape index (κ3) is 4.70. The van der Waals surface area contributed by atoms with Crippen LogP contribution in [0.25, 0.3) is 0 Å². The predicted octanol–water partition coefficient (Wildman–Crippen LogP) is 2.76. The maximum atomic E-state index is 11.6. The summed E-state index contributed by atoms with van der Waals surface area (Å²) in [5, 5.41) is 12.1. The maximum absolute atomic E-state index is 11.6. The number of carbonyl (C=O) groups is 1. The van der Waals surface area contributed by atoms with Gasteiger partial charge in [-0.1, -0.05) is 25.2 Å². The van der Waals surface area contributed by atoms with E-state index in [0.29, 0.717) is 18.2 Å². The number of methoxy groups -OCH3 is 1. The summed E-state index contributed by atoms with van der Waals surface area (Å²) < 4.78 is 10.7. The Balaban J connectivity index is 1.79. The van der Waals surface area contributed by atoms with Gasteiger partial charge in [0.05, 0.1) is 13.7 Å². The van der Waals surface area contributed by atoms with Gasteiger partial charge in [0.15, 0.2) is 0 Å². The summed E-state index contributed by atoms with van der Waals surface area (Å²) in [6.45, 7) is 4.17. The molecule has 1 N–H and O–H groups in total. The number of hydrogen-bond acceptors (Lipinski definition) is 6. The van der Waals surface area contributed by atoms with E-state index >= 15 is 0 Å². The highest BCUT2D eigenvalue weighted by Crippen LogP contribution is 2.19. The van der Waals surface area contributed by atoms with Gasteiger partial charge >= 0.3 is 0 Å². The monoisotopic (exact) mass is 321 g/mol. The second kappa shape index (κ2) is 7.74.